The maximum absolute atomic E-state index is 12.8. The van der Waals surface area contributed by atoms with Crippen LogP contribution in [-0.2, 0) is 9.59 Å². The highest BCUT2D eigenvalue weighted by atomic mass is 19.1. The summed E-state index contributed by atoms with van der Waals surface area (Å²) in [5, 5.41) is 5.45. The van der Waals surface area contributed by atoms with Crippen molar-refractivity contribution < 1.29 is 14.0 Å². The Morgan fingerprint density at radius 3 is 1.50 bits per heavy atom. The van der Waals surface area contributed by atoms with Crippen molar-refractivity contribution in [2.24, 2.45) is 0 Å². The van der Waals surface area contributed by atoms with Crippen LogP contribution < -0.4 is 10.6 Å². The Bertz CT molecular complexity index is 546. The topological polar surface area (TPSA) is 58.2 Å². The predicted molar refractivity (Wildman–Crippen MR) is 114 cm³/mol. The summed E-state index contributed by atoms with van der Waals surface area (Å²) >= 11 is 0. The van der Waals surface area contributed by atoms with Crippen LogP contribution in [-0.4, -0.2) is 18.9 Å². The van der Waals surface area contributed by atoms with Gasteiger partial charge in [0.15, 0.2) is 0 Å². The molecule has 0 radical (unpaired) electrons. The fraction of sp³-hybridized carbons (Fsp3) is 0.652. The van der Waals surface area contributed by atoms with Gasteiger partial charge < -0.3 is 10.6 Å². The van der Waals surface area contributed by atoms with Crippen molar-refractivity contribution in [1.82, 2.24) is 5.32 Å². The third-order valence-corrected chi connectivity index (χ3v) is 4.96. The molecule has 0 aliphatic heterocycles. The Kier molecular flexibility index (Phi) is 13.9. The molecule has 4 nitrogen and oxygen atoms in total. The fourth-order valence-electron chi connectivity index (χ4n) is 3.22. The average molecular weight is 393 g/mol. The van der Waals surface area contributed by atoms with Crippen molar-refractivity contribution in [3.63, 3.8) is 0 Å². The second kappa shape index (κ2) is 16.1. The van der Waals surface area contributed by atoms with E-state index in [1.807, 2.05) is 0 Å². The van der Waals surface area contributed by atoms with E-state index < -0.39 is 0 Å². The first-order valence-electron chi connectivity index (χ1n) is 10.9. The Balaban J connectivity index is 1.82. The van der Waals surface area contributed by atoms with Gasteiger partial charge in [0.25, 0.3) is 0 Å². The number of hydrogen-bond donors (Lipinski definition) is 2. The standard InChI is InChI=1S/C23H37FN2O2/c1-25-22(27)14-12-10-8-6-4-2-3-5-7-9-11-13-15-23(28)26-21-18-16-20(24)17-19-21/h16-19H,2-15H2,1H3,(H,25,27)(H,26,28). The first-order valence-corrected chi connectivity index (χ1v) is 10.9. The molecule has 158 valence electrons. The van der Waals surface area contributed by atoms with Crippen LogP contribution in [0.25, 0.3) is 0 Å². The number of halogens is 1. The van der Waals surface area contributed by atoms with Gasteiger partial charge in [-0.25, -0.2) is 4.39 Å². The number of carbonyl (C=O) groups excluding carboxylic acids is 2. The summed E-state index contributed by atoms with van der Waals surface area (Å²) in [5.41, 5.74) is 0.651. The highest BCUT2D eigenvalue weighted by Gasteiger charge is 2.02. The van der Waals surface area contributed by atoms with Crippen molar-refractivity contribution >= 4 is 17.5 Å². The maximum atomic E-state index is 12.8. The number of unbranched alkanes of at least 4 members (excludes halogenated alkanes) is 11. The Hall–Kier alpha value is -1.91. The van der Waals surface area contributed by atoms with Gasteiger partial charge >= 0.3 is 0 Å². The molecule has 0 unspecified atom stereocenters. The van der Waals surface area contributed by atoms with E-state index in [1.54, 1.807) is 19.2 Å². The molecule has 0 atom stereocenters. The van der Waals surface area contributed by atoms with Gasteiger partial charge in [0.2, 0.25) is 11.8 Å². The lowest BCUT2D eigenvalue weighted by Gasteiger charge is -2.05. The monoisotopic (exact) mass is 392 g/mol. The van der Waals surface area contributed by atoms with Crippen LogP contribution >= 0.6 is 0 Å². The van der Waals surface area contributed by atoms with E-state index in [0.29, 0.717) is 18.5 Å². The van der Waals surface area contributed by atoms with Crippen LogP contribution in [0.4, 0.5) is 10.1 Å². The van der Waals surface area contributed by atoms with Gasteiger partial charge in [0.05, 0.1) is 0 Å². The van der Waals surface area contributed by atoms with Crippen LogP contribution in [0.1, 0.15) is 89.9 Å². The predicted octanol–water partition coefficient (Wildman–Crippen LogP) is 5.97. The van der Waals surface area contributed by atoms with Crippen molar-refractivity contribution in [3.8, 4) is 0 Å². The van der Waals surface area contributed by atoms with Gasteiger partial charge in [-0.2, -0.15) is 0 Å². The minimum absolute atomic E-state index is 0.00179. The zero-order valence-corrected chi connectivity index (χ0v) is 17.4. The number of carbonyl (C=O) groups is 2. The van der Waals surface area contributed by atoms with Gasteiger partial charge in [0, 0.05) is 25.6 Å². The molecule has 0 fully saturated rings. The summed E-state index contributed by atoms with van der Waals surface area (Å²) in [7, 11) is 1.69. The lowest BCUT2D eigenvalue weighted by Crippen LogP contribution is -2.16. The van der Waals surface area contributed by atoms with E-state index in [4.69, 9.17) is 0 Å². The summed E-state index contributed by atoms with van der Waals surface area (Å²) in [6.07, 6.45) is 15.4. The zero-order chi connectivity index (χ0) is 20.5. The lowest BCUT2D eigenvalue weighted by atomic mass is 10.0. The van der Waals surface area contributed by atoms with E-state index >= 15 is 0 Å². The summed E-state index contributed by atoms with van der Waals surface area (Å²) < 4.78 is 12.8. The molecule has 0 aliphatic carbocycles. The summed E-state index contributed by atoms with van der Waals surface area (Å²) in [4.78, 5) is 22.9. The molecule has 0 saturated carbocycles. The minimum atomic E-state index is -0.295. The summed E-state index contributed by atoms with van der Waals surface area (Å²) in [5.74, 6) is -0.147. The lowest BCUT2D eigenvalue weighted by molar-refractivity contribution is -0.120. The molecular formula is C23H37FN2O2. The average Bonchev–Trinajstić information content (AvgIpc) is 2.69. The quantitative estimate of drug-likeness (QED) is 0.340. The van der Waals surface area contributed by atoms with Crippen molar-refractivity contribution in [3.05, 3.63) is 30.1 Å². The molecule has 1 rings (SSSR count). The van der Waals surface area contributed by atoms with Crippen LogP contribution in [0.2, 0.25) is 0 Å². The Labute approximate surface area is 169 Å². The van der Waals surface area contributed by atoms with E-state index in [9.17, 15) is 14.0 Å². The number of hydrogen-bond acceptors (Lipinski definition) is 2. The van der Waals surface area contributed by atoms with E-state index in [0.717, 1.165) is 25.7 Å². The number of amides is 2. The molecular weight excluding hydrogens is 355 g/mol. The van der Waals surface area contributed by atoms with Gasteiger partial charge in [-0.15, -0.1) is 0 Å². The molecule has 28 heavy (non-hydrogen) atoms. The summed E-state index contributed by atoms with van der Waals surface area (Å²) in [6, 6.07) is 5.86. The highest BCUT2D eigenvalue weighted by Crippen LogP contribution is 2.14. The van der Waals surface area contributed by atoms with Crippen LogP contribution in [0.3, 0.4) is 0 Å². The molecule has 0 aliphatic rings. The van der Waals surface area contributed by atoms with E-state index in [-0.39, 0.29) is 17.6 Å². The van der Waals surface area contributed by atoms with Crippen molar-refractivity contribution in [2.45, 2.75) is 89.9 Å². The molecule has 5 heteroatoms. The number of rotatable bonds is 16. The molecule has 2 amide bonds. The Morgan fingerprint density at radius 1 is 0.679 bits per heavy atom. The molecule has 1 aromatic rings. The van der Waals surface area contributed by atoms with Gasteiger partial charge in [-0.3, -0.25) is 9.59 Å². The smallest absolute Gasteiger partial charge is 0.224 e. The first-order chi connectivity index (χ1) is 13.6. The maximum Gasteiger partial charge on any atom is 0.224 e. The van der Waals surface area contributed by atoms with Crippen LogP contribution in [0.15, 0.2) is 24.3 Å². The molecule has 0 spiro atoms. The second-order valence-electron chi connectivity index (χ2n) is 7.47. The molecule has 0 saturated heterocycles. The third kappa shape index (κ3) is 13.3. The zero-order valence-electron chi connectivity index (χ0n) is 17.4. The molecule has 1 aromatic carbocycles. The molecule has 0 heterocycles. The van der Waals surface area contributed by atoms with E-state index in [2.05, 4.69) is 10.6 Å². The third-order valence-electron chi connectivity index (χ3n) is 4.96. The second-order valence-corrected chi connectivity index (χ2v) is 7.47. The van der Waals surface area contributed by atoms with Crippen molar-refractivity contribution in [1.29, 1.82) is 0 Å². The largest absolute Gasteiger partial charge is 0.359 e. The molecule has 0 bridgehead atoms. The first kappa shape index (κ1) is 24.1. The normalized spacial score (nSPS) is 10.6. The van der Waals surface area contributed by atoms with E-state index in [1.165, 1.54) is 63.5 Å². The molecule has 2 N–H and O–H groups in total. The Morgan fingerprint density at radius 2 is 1.07 bits per heavy atom. The summed E-state index contributed by atoms with van der Waals surface area (Å²) in [6.45, 7) is 0. The number of benzene rings is 1. The van der Waals surface area contributed by atoms with Crippen LogP contribution in [0, 0.1) is 5.82 Å². The van der Waals surface area contributed by atoms with Gasteiger partial charge in [0.1, 0.15) is 5.82 Å². The SMILES string of the molecule is CNC(=O)CCCCCCCCCCCCCCC(=O)Nc1ccc(F)cc1. The number of anilines is 1. The van der Waals surface area contributed by atoms with Crippen LogP contribution in [0.5, 0.6) is 0 Å². The molecule has 0 aromatic heterocycles. The number of nitrogens with one attached hydrogen (secondary N) is 2. The van der Waals surface area contributed by atoms with Gasteiger partial charge in [-0.1, -0.05) is 64.2 Å². The minimum Gasteiger partial charge on any atom is -0.359 e. The highest BCUT2D eigenvalue weighted by molar-refractivity contribution is 5.90. The van der Waals surface area contributed by atoms with Crippen molar-refractivity contribution in [2.75, 3.05) is 12.4 Å². The van der Waals surface area contributed by atoms with Gasteiger partial charge in [-0.05, 0) is 37.1 Å². The fourth-order valence-corrected chi connectivity index (χ4v) is 3.22.